The summed E-state index contributed by atoms with van der Waals surface area (Å²) >= 11 is 1.72. The van der Waals surface area contributed by atoms with Crippen molar-refractivity contribution in [1.82, 2.24) is 14.9 Å². The second kappa shape index (κ2) is 6.32. The summed E-state index contributed by atoms with van der Waals surface area (Å²) in [6.07, 6.45) is 2.62. The van der Waals surface area contributed by atoms with Crippen molar-refractivity contribution in [3.63, 3.8) is 0 Å². The average molecular weight is 313 g/mol. The van der Waals surface area contributed by atoms with Gasteiger partial charge in [0.1, 0.15) is 6.54 Å². The quantitative estimate of drug-likeness (QED) is 0.787. The van der Waals surface area contributed by atoms with Gasteiger partial charge in [0, 0.05) is 11.4 Å². The Morgan fingerprint density at radius 3 is 2.91 bits per heavy atom. The molecule has 0 unspecified atom stereocenters. The number of hydrogen-bond donors (Lipinski definition) is 1. The minimum absolute atomic E-state index is 0.0223. The molecule has 1 N–H and O–H groups in total. The molecule has 0 spiro atoms. The van der Waals surface area contributed by atoms with Crippen LogP contribution in [0, 0.1) is 13.8 Å². The van der Waals surface area contributed by atoms with E-state index in [-0.39, 0.29) is 5.91 Å². The van der Waals surface area contributed by atoms with Gasteiger partial charge in [-0.3, -0.25) is 4.79 Å². The molecule has 0 saturated carbocycles. The van der Waals surface area contributed by atoms with Crippen molar-refractivity contribution in [2.75, 3.05) is 6.54 Å². The third-order valence-electron chi connectivity index (χ3n) is 3.82. The van der Waals surface area contributed by atoms with Gasteiger partial charge in [0.25, 0.3) is 0 Å². The van der Waals surface area contributed by atoms with E-state index in [1.165, 1.54) is 16.0 Å². The van der Waals surface area contributed by atoms with Crippen molar-refractivity contribution in [2.24, 2.45) is 0 Å². The third kappa shape index (κ3) is 3.20. The maximum absolute atomic E-state index is 12.1. The number of imidazole rings is 1. The molecule has 0 radical (unpaired) electrons. The smallest absolute Gasteiger partial charge is 0.240 e. The Kier molecular flexibility index (Phi) is 4.24. The molecule has 4 nitrogen and oxygen atoms in total. The number of benzene rings is 1. The van der Waals surface area contributed by atoms with E-state index in [1.807, 2.05) is 10.6 Å². The number of aromatic nitrogens is 2. The Labute approximate surface area is 133 Å². The van der Waals surface area contributed by atoms with Crippen LogP contribution in [0.15, 0.2) is 36.0 Å². The van der Waals surface area contributed by atoms with E-state index in [4.69, 9.17) is 0 Å². The predicted octanol–water partition coefficient (Wildman–Crippen LogP) is 3.07. The van der Waals surface area contributed by atoms with Gasteiger partial charge in [-0.1, -0.05) is 6.07 Å². The zero-order valence-electron chi connectivity index (χ0n) is 12.8. The zero-order chi connectivity index (χ0) is 15.5. The lowest BCUT2D eigenvalue weighted by Gasteiger charge is -2.07. The second-order valence-electron chi connectivity index (χ2n) is 5.48. The van der Waals surface area contributed by atoms with Crippen LogP contribution in [-0.4, -0.2) is 22.0 Å². The highest BCUT2D eigenvalue weighted by Crippen LogP contribution is 2.18. The van der Waals surface area contributed by atoms with Crippen molar-refractivity contribution in [2.45, 2.75) is 26.8 Å². The van der Waals surface area contributed by atoms with E-state index < -0.39 is 0 Å². The number of carbonyl (C=O) groups excluding carboxylic acids is 1. The number of fused-ring (bicyclic) bond motifs is 1. The normalized spacial score (nSPS) is 11.0. The van der Waals surface area contributed by atoms with Crippen molar-refractivity contribution in [3.05, 3.63) is 52.0 Å². The Hall–Kier alpha value is -2.14. The number of nitrogens with zero attached hydrogens (tertiary/aromatic N) is 2. The summed E-state index contributed by atoms with van der Waals surface area (Å²) in [4.78, 5) is 17.7. The molecule has 3 rings (SSSR count). The van der Waals surface area contributed by atoms with Crippen LogP contribution in [0.3, 0.4) is 0 Å². The number of aryl methyl sites for hydroxylation is 2. The highest BCUT2D eigenvalue weighted by atomic mass is 32.1. The van der Waals surface area contributed by atoms with Gasteiger partial charge < -0.3 is 9.88 Å². The van der Waals surface area contributed by atoms with Crippen molar-refractivity contribution >= 4 is 28.3 Å². The largest absolute Gasteiger partial charge is 0.354 e. The molecule has 1 amide bonds. The third-order valence-corrected chi connectivity index (χ3v) is 4.76. The van der Waals surface area contributed by atoms with E-state index in [0.717, 1.165) is 17.5 Å². The summed E-state index contributed by atoms with van der Waals surface area (Å²) in [5, 5.41) is 5.02. The van der Waals surface area contributed by atoms with Crippen LogP contribution in [0.4, 0.5) is 0 Å². The van der Waals surface area contributed by atoms with E-state index in [0.29, 0.717) is 13.1 Å². The number of rotatable bonds is 5. The van der Waals surface area contributed by atoms with Crippen molar-refractivity contribution in [3.8, 4) is 0 Å². The summed E-state index contributed by atoms with van der Waals surface area (Å²) < 4.78 is 1.91. The molecular weight excluding hydrogens is 294 g/mol. The first-order valence-corrected chi connectivity index (χ1v) is 8.22. The highest BCUT2D eigenvalue weighted by Gasteiger charge is 2.08. The summed E-state index contributed by atoms with van der Waals surface area (Å²) in [5.41, 5.74) is 4.39. The Bertz CT molecular complexity index is 790. The van der Waals surface area contributed by atoms with Gasteiger partial charge in [-0.15, -0.1) is 11.3 Å². The molecule has 0 atom stereocenters. The lowest BCUT2D eigenvalue weighted by atomic mass is 10.1. The summed E-state index contributed by atoms with van der Waals surface area (Å²) in [6, 6.07) is 8.28. The molecule has 3 aromatic rings. The molecule has 0 bridgehead atoms. The van der Waals surface area contributed by atoms with Crippen LogP contribution in [0.2, 0.25) is 0 Å². The minimum Gasteiger partial charge on any atom is -0.354 e. The fourth-order valence-corrected chi connectivity index (χ4v) is 3.14. The molecule has 5 heteroatoms. The van der Waals surface area contributed by atoms with Crippen LogP contribution in [0.1, 0.15) is 16.0 Å². The van der Waals surface area contributed by atoms with E-state index in [9.17, 15) is 4.79 Å². The SMILES string of the molecule is Cc1cc2ncn(CC(=O)NCCc3cccs3)c2cc1C. The van der Waals surface area contributed by atoms with Crippen molar-refractivity contribution < 1.29 is 4.79 Å². The topological polar surface area (TPSA) is 46.9 Å². The minimum atomic E-state index is 0.0223. The number of amides is 1. The number of nitrogens with one attached hydrogen (secondary N) is 1. The zero-order valence-corrected chi connectivity index (χ0v) is 13.6. The molecule has 2 heterocycles. The Morgan fingerprint density at radius 2 is 2.14 bits per heavy atom. The molecule has 0 saturated heterocycles. The maximum atomic E-state index is 12.1. The summed E-state index contributed by atoms with van der Waals surface area (Å²) in [6.45, 7) is 5.13. The van der Waals surface area contributed by atoms with E-state index >= 15 is 0 Å². The van der Waals surface area contributed by atoms with Crippen LogP contribution in [0.5, 0.6) is 0 Å². The van der Waals surface area contributed by atoms with Crippen molar-refractivity contribution in [1.29, 1.82) is 0 Å². The Balaban J connectivity index is 1.62. The summed E-state index contributed by atoms with van der Waals surface area (Å²) in [5.74, 6) is 0.0223. The van der Waals surface area contributed by atoms with Crippen LogP contribution in [-0.2, 0) is 17.8 Å². The predicted molar refractivity (Wildman–Crippen MR) is 90.2 cm³/mol. The first kappa shape index (κ1) is 14.8. The highest BCUT2D eigenvalue weighted by molar-refractivity contribution is 7.09. The van der Waals surface area contributed by atoms with Gasteiger partial charge in [-0.05, 0) is 55.0 Å². The van der Waals surface area contributed by atoms with Crippen LogP contribution in [0.25, 0.3) is 11.0 Å². The number of thiophene rings is 1. The molecular formula is C17H19N3OS. The lowest BCUT2D eigenvalue weighted by molar-refractivity contribution is -0.121. The molecule has 2 aromatic heterocycles. The number of carbonyl (C=O) groups is 1. The molecule has 0 fully saturated rings. The number of hydrogen-bond acceptors (Lipinski definition) is 3. The Morgan fingerprint density at radius 1 is 1.32 bits per heavy atom. The molecule has 0 aliphatic rings. The molecule has 1 aromatic carbocycles. The maximum Gasteiger partial charge on any atom is 0.240 e. The standard InChI is InChI=1S/C17H19N3OS/c1-12-8-15-16(9-13(12)2)20(11-19-15)10-17(21)18-6-5-14-4-3-7-22-14/h3-4,7-9,11H,5-6,10H2,1-2H3,(H,18,21). The monoisotopic (exact) mass is 313 g/mol. The van der Waals surface area contributed by atoms with Crippen LogP contribution < -0.4 is 5.32 Å². The fourth-order valence-electron chi connectivity index (χ4n) is 2.43. The van der Waals surface area contributed by atoms with Gasteiger partial charge >= 0.3 is 0 Å². The van der Waals surface area contributed by atoms with Gasteiger partial charge in [0.15, 0.2) is 0 Å². The molecule has 114 valence electrons. The van der Waals surface area contributed by atoms with Gasteiger partial charge in [-0.25, -0.2) is 4.98 Å². The average Bonchev–Trinajstić information content (AvgIpc) is 3.11. The first-order chi connectivity index (χ1) is 10.6. The van der Waals surface area contributed by atoms with E-state index in [2.05, 4.69) is 47.7 Å². The molecule has 0 aliphatic heterocycles. The van der Waals surface area contributed by atoms with Gasteiger partial charge in [-0.2, -0.15) is 0 Å². The summed E-state index contributed by atoms with van der Waals surface area (Å²) in [7, 11) is 0. The van der Waals surface area contributed by atoms with Crippen LogP contribution >= 0.6 is 11.3 Å². The fraction of sp³-hybridized carbons (Fsp3) is 0.294. The molecule has 22 heavy (non-hydrogen) atoms. The van der Waals surface area contributed by atoms with Gasteiger partial charge in [0.05, 0.1) is 17.4 Å². The van der Waals surface area contributed by atoms with E-state index in [1.54, 1.807) is 17.7 Å². The lowest BCUT2D eigenvalue weighted by Crippen LogP contribution is -2.29. The van der Waals surface area contributed by atoms with Gasteiger partial charge in [0.2, 0.25) is 5.91 Å². The first-order valence-electron chi connectivity index (χ1n) is 7.34. The second-order valence-corrected chi connectivity index (χ2v) is 6.51. The molecule has 0 aliphatic carbocycles.